The van der Waals surface area contributed by atoms with Crippen molar-refractivity contribution in [2.24, 2.45) is 0 Å². The van der Waals surface area contributed by atoms with E-state index in [-0.39, 0.29) is 0 Å². The van der Waals surface area contributed by atoms with Crippen LogP contribution in [0.25, 0.3) is 0 Å². The van der Waals surface area contributed by atoms with Crippen molar-refractivity contribution in [2.45, 2.75) is 13.8 Å². The fraction of sp³-hybridized carbons (Fsp3) is 1.00. The predicted octanol–water partition coefficient (Wildman–Crippen LogP) is 2.10. The van der Waals surface area contributed by atoms with Gasteiger partial charge in [-0.3, -0.25) is 0 Å². The molecular weight excluding hydrogens is 132 g/mol. The lowest BCUT2D eigenvalue weighted by atomic mass is 10.7. The molecule has 0 saturated heterocycles. The molecule has 0 aliphatic carbocycles. The first-order valence-electron chi connectivity index (χ1n) is 2.43. The Morgan fingerprint density at radius 1 is 1.25 bits per heavy atom. The van der Waals surface area contributed by atoms with Crippen LogP contribution in [0.1, 0.15) is 13.8 Å². The summed E-state index contributed by atoms with van der Waals surface area (Å²) < 4.78 is 19.1. The quantitative estimate of drug-likeness (QED) is 0.635. The van der Waals surface area contributed by atoms with Gasteiger partial charge in [0.1, 0.15) is 0 Å². The van der Waals surface area contributed by atoms with Gasteiger partial charge in [-0.05, 0) is 13.1 Å². The van der Waals surface area contributed by atoms with E-state index >= 15 is 0 Å². The van der Waals surface area contributed by atoms with Gasteiger partial charge in [-0.2, -0.15) is 0 Å². The van der Waals surface area contributed by atoms with E-state index in [9.17, 15) is 7.77 Å². The highest BCUT2D eigenvalue weighted by Gasteiger charge is 1.62. The molecule has 1 nitrogen and oxygen atoms in total. The molecule has 0 radical (unpaired) electrons. The molecule has 0 bridgehead atoms. The van der Waals surface area contributed by atoms with Gasteiger partial charge in [-0.25, -0.2) is 0 Å². The standard InChI is InChI=1S/C4H11N.F2S/c1-3-5-4-2;1-3-2/h5H,3-4H2,1-2H3;. The molecular formula is C4H11F2NS. The smallest absolute Gasteiger partial charge is 0.255 e. The highest BCUT2D eigenvalue weighted by atomic mass is 32.2. The Kier molecular flexibility index (Phi) is 21.6. The molecule has 0 saturated carbocycles. The molecule has 0 aromatic rings. The van der Waals surface area contributed by atoms with Crippen LogP contribution in [0.5, 0.6) is 0 Å². The monoisotopic (exact) mass is 143 g/mol. The van der Waals surface area contributed by atoms with Gasteiger partial charge < -0.3 is 5.32 Å². The first-order chi connectivity index (χ1) is 3.83. The average Bonchev–Trinajstić information content (AvgIpc) is 1.71. The van der Waals surface area contributed by atoms with Crippen molar-refractivity contribution < 1.29 is 7.77 Å². The van der Waals surface area contributed by atoms with Gasteiger partial charge >= 0.3 is 0 Å². The summed E-state index contributed by atoms with van der Waals surface area (Å²) in [7, 11) is 0. The van der Waals surface area contributed by atoms with E-state index in [1.54, 1.807) is 0 Å². The van der Waals surface area contributed by atoms with Crippen molar-refractivity contribution >= 4 is 12.5 Å². The molecule has 0 aromatic heterocycles. The van der Waals surface area contributed by atoms with Crippen LogP contribution in [-0.4, -0.2) is 13.1 Å². The molecule has 0 fully saturated rings. The maximum absolute atomic E-state index is 9.54. The van der Waals surface area contributed by atoms with Crippen LogP contribution >= 0.6 is 12.5 Å². The Morgan fingerprint density at radius 2 is 1.50 bits per heavy atom. The third kappa shape index (κ3) is 35.0. The van der Waals surface area contributed by atoms with E-state index in [0.717, 1.165) is 13.1 Å². The van der Waals surface area contributed by atoms with Gasteiger partial charge in [0.2, 0.25) is 0 Å². The van der Waals surface area contributed by atoms with Crippen molar-refractivity contribution in [3.8, 4) is 0 Å². The van der Waals surface area contributed by atoms with Crippen LogP contribution in [-0.2, 0) is 0 Å². The summed E-state index contributed by atoms with van der Waals surface area (Å²) >= 11 is -1.25. The highest BCUT2D eigenvalue weighted by Crippen LogP contribution is 1.95. The van der Waals surface area contributed by atoms with E-state index in [0.29, 0.717) is 0 Å². The predicted molar refractivity (Wildman–Crippen MR) is 34.0 cm³/mol. The molecule has 0 rings (SSSR count). The van der Waals surface area contributed by atoms with Gasteiger partial charge in [0.25, 0.3) is 12.5 Å². The summed E-state index contributed by atoms with van der Waals surface area (Å²) in [6, 6.07) is 0. The number of hydrogen-bond acceptors (Lipinski definition) is 2. The molecule has 0 aliphatic rings. The largest absolute Gasteiger partial charge is 0.317 e. The minimum Gasteiger partial charge on any atom is -0.317 e. The van der Waals surface area contributed by atoms with Crippen LogP contribution in [0.4, 0.5) is 7.77 Å². The fourth-order valence-electron chi connectivity index (χ4n) is 0.250. The number of nitrogens with one attached hydrogen (secondary N) is 1. The molecule has 52 valence electrons. The maximum Gasteiger partial charge on any atom is 0.255 e. The van der Waals surface area contributed by atoms with Gasteiger partial charge in [-0.15, -0.1) is 7.77 Å². The Balaban J connectivity index is 0. The molecule has 0 heterocycles. The van der Waals surface area contributed by atoms with Crippen molar-refractivity contribution in [1.29, 1.82) is 0 Å². The lowest BCUT2D eigenvalue weighted by molar-refractivity contribution is 0.762. The minimum absolute atomic E-state index is 1.09. The summed E-state index contributed by atoms with van der Waals surface area (Å²) in [6.45, 7) is 6.39. The molecule has 0 atom stereocenters. The zero-order chi connectivity index (χ0) is 6.83. The zero-order valence-electron chi connectivity index (χ0n) is 5.08. The molecule has 8 heavy (non-hydrogen) atoms. The Morgan fingerprint density at radius 3 is 1.50 bits per heavy atom. The van der Waals surface area contributed by atoms with Crippen LogP contribution < -0.4 is 5.32 Å². The zero-order valence-corrected chi connectivity index (χ0v) is 5.89. The second kappa shape index (κ2) is 15.7. The highest BCUT2D eigenvalue weighted by molar-refractivity contribution is 7.89. The van der Waals surface area contributed by atoms with Crippen LogP contribution in [0.15, 0.2) is 0 Å². The lowest BCUT2D eigenvalue weighted by Gasteiger charge is -1.86. The van der Waals surface area contributed by atoms with E-state index < -0.39 is 12.5 Å². The Bertz CT molecular complexity index is 28.0. The van der Waals surface area contributed by atoms with E-state index in [4.69, 9.17) is 0 Å². The van der Waals surface area contributed by atoms with Crippen molar-refractivity contribution in [3.63, 3.8) is 0 Å². The average molecular weight is 143 g/mol. The minimum atomic E-state index is -1.25. The summed E-state index contributed by atoms with van der Waals surface area (Å²) in [5.74, 6) is 0. The maximum atomic E-state index is 9.54. The number of halogens is 2. The number of hydrogen-bond donors (Lipinski definition) is 1. The van der Waals surface area contributed by atoms with Gasteiger partial charge in [0.15, 0.2) is 0 Å². The summed E-state index contributed by atoms with van der Waals surface area (Å²) in [4.78, 5) is 0. The Hall–Kier alpha value is 0.170. The molecule has 0 amide bonds. The third-order valence-corrected chi connectivity index (χ3v) is 0.500. The fourth-order valence-corrected chi connectivity index (χ4v) is 0.250. The SMILES string of the molecule is CCNCC.FSF. The van der Waals surface area contributed by atoms with E-state index in [1.807, 2.05) is 0 Å². The second-order valence-electron chi connectivity index (χ2n) is 1.02. The summed E-state index contributed by atoms with van der Waals surface area (Å²) in [6.07, 6.45) is 0. The lowest BCUT2D eigenvalue weighted by Crippen LogP contribution is -2.09. The summed E-state index contributed by atoms with van der Waals surface area (Å²) in [5, 5.41) is 3.11. The van der Waals surface area contributed by atoms with Gasteiger partial charge in [0.05, 0.1) is 0 Å². The second-order valence-corrected chi connectivity index (χ2v) is 1.13. The van der Waals surface area contributed by atoms with Gasteiger partial charge in [-0.1, -0.05) is 13.8 Å². The van der Waals surface area contributed by atoms with Crippen LogP contribution in [0.2, 0.25) is 0 Å². The van der Waals surface area contributed by atoms with Crippen molar-refractivity contribution in [1.82, 2.24) is 5.32 Å². The van der Waals surface area contributed by atoms with E-state index in [1.165, 1.54) is 0 Å². The van der Waals surface area contributed by atoms with Crippen molar-refractivity contribution in [3.05, 3.63) is 0 Å². The molecule has 4 heteroatoms. The first-order valence-corrected chi connectivity index (χ1v) is 3.05. The normalized spacial score (nSPS) is 7.50. The molecule has 0 aromatic carbocycles. The van der Waals surface area contributed by atoms with Gasteiger partial charge in [0, 0.05) is 0 Å². The topological polar surface area (TPSA) is 12.0 Å². The van der Waals surface area contributed by atoms with E-state index in [2.05, 4.69) is 19.2 Å². The van der Waals surface area contributed by atoms with Crippen LogP contribution in [0.3, 0.4) is 0 Å². The summed E-state index contributed by atoms with van der Waals surface area (Å²) in [5.41, 5.74) is 0. The van der Waals surface area contributed by atoms with Crippen LogP contribution in [0, 0.1) is 0 Å². The molecule has 0 spiro atoms. The third-order valence-electron chi connectivity index (χ3n) is 0.500. The van der Waals surface area contributed by atoms with Crippen molar-refractivity contribution in [2.75, 3.05) is 13.1 Å². The first kappa shape index (κ1) is 11.0. The number of rotatable bonds is 2. The Labute approximate surface area is 53.4 Å². The molecule has 0 aliphatic heterocycles. The molecule has 1 N–H and O–H groups in total. The molecule has 0 unspecified atom stereocenters.